The second-order valence-electron chi connectivity index (χ2n) is 5.81. The van der Waals surface area contributed by atoms with E-state index in [-0.39, 0.29) is 11.8 Å². The van der Waals surface area contributed by atoms with E-state index in [0.717, 1.165) is 24.1 Å². The highest BCUT2D eigenvalue weighted by Crippen LogP contribution is 2.26. The Morgan fingerprint density at radius 1 is 1.38 bits per heavy atom. The van der Waals surface area contributed by atoms with Crippen molar-refractivity contribution in [2.24, 2.45) is 5.92 Å². The zero-order valence-electron chi connectivity index (χ0n) is 12.2. The molecular formula is C17H20N2O2. The zero-order chi connectivity index (χ0) is 14.8. The Morgan fingerprint density at radius 2 is 2.19 bits per heavy atom. The van der Waals surface area contributed by atoms with Gasteiger partial charge in [0.15, 0.2) is 0 Å². The van der Waals surface area contributed by atoms with Crippen molar-refractivity contribution in [2.45, 2.75) is 38.8 Å². The molecule has 1 aromatic carbocycles. The van der Waals surface area contributed by atoms with Crippen LogP contribution in [0.5, 0.6) is 0 Å². The number of anilines is 1. The lowest BCUT2D eigenvalue weighted by Crippen LogP contribution is -2.43. The molecule has 110 valence electrons. The summed E-state index contributed by atoms with van der Waals surface area (Å²) >= 11 is 0. The van der Waals surface area contributed by atoms with Crippen molar-refractivity contribution in [1.82, 2.24) is 4.90 Å². The van der Waals surface area contributed by atoms with E-state index in [2.05, 4.69) is 17.5 Å². The van der Waals surface area contributed by atoms with E-state index in [1.807, 2.05) is 24.3 Å². The van der Waals surface area contributed by atoms with Gasteiger partial charge in [0.1, 0.15) is 6.04 Å². The Labute approximate surface area is 124 Å². The molecule has 3 rings (SSSR count). The van der Waals surface area contributed by atoms with Gasteiger partial charge in [-0.15, -0.1) is 0 Å². The Hall–Kier alpha value is -2.10. The average molecular weight is 284 g/mol. The second-order valence-corrected chi connectivity index (χ2v) is 5.81. The fourth-order valence-electron chi connectivity index (χ4n) is 2.99. The zero-order valence-corrected chi connectivity index (χ0v) is 12.2. The van der Waals surface area contributed by atoms with Crippen LogP contribution in [0.4, 0.5) is 5.69 Å². The summed E-state index contributed by atoms with van der Waals surface area (Å²) in [6, 6.07) is 7.24. The molecule has 0 aromatic heterocycles. The summed E-state index contributed by atoms with van der Waals surface area (Å²) in [7, 11) is 0. The highest BCUT2D eigenvalue weighted by atomic mass is 16.2. The summed E-state index contributed by atoms with van der Waals surface area (Å²) in [6.07, 6.45) is 6.84. The summed E-state index contributed by atoms with van der Waals surface area (Å²) in [5.74, 6) is 0.271. The normalized spacial score (nSPS) is 24.4. The first-order chi connectivity index (χ1) is 10.1. The first-order valence-corrected chi connectivity index (χ1v) is 7.50. The van der Waals surface area contributed by atoms with Crippen molar-refractivity contribution >= 4 is 17.5 Å². The van der Waals surface area contributed by atoms with Gasteiger partial charge in [0, 0.05) is 18.7 Å². The van der Waals surface area contributed by atoms with Crippen LogP contribution < -0.4 is 5.32 Å². The molecule has 0 radical (unpaired) electrons. The van der Waals surface area contributed by atoms with E-state index < -0.39 is 6.04 Å². The fraction of sp³-hybridized carbons (Fsp3) is 0.412. The Bertz CT molecular complexity index is 594. The van der Waals surface area contributed by atoms with Crippen LogP contribution in [0.15, 0.2) is 36.4 Å². The number of nitrogens with one attached hydrogen (secondary N) is 1. The maximum Gasteiger partial charge on any atom is 0.246 e. The van der Waals surface area contributed by atoms with Gasteiger partial charge < -0.3 is 10.2 Å². The lowest BCUT2D eigenvalue weighted by atomic mass is 10.0. The van der Waals surface area contributed by atoms with Crippen LogP contribution in [0.25, 0.3) is 0 Å². The minimum absolute atomic E-state index is 0.0610. The third-order valence-corrected chi connectivity index (χ3v) is 4.33. The molecule has 1 aliphatic carbocycles. The minimum Gasteiger partial charge on any atom is -0.327 e. The summed E-state index contributed by atoms with van der Waals surface area (Å²) in [5.41, 5.74) is 1.80. The molecule has 2 amide bonds. The maximum atomic E-state index is 12.6. The van der Waals surface area contributed by atoms with Crippen molar-refractivity contribution in [3.63, 3.8) is 0 Å². The van der Waals surface area contributed by atoms with E-state index in [1.165, 1.54) is 0 Å². The highest BCUT2D eigenvalue weighted by molar-refractivity contribution is 5.98. The number of amides is 2. The molecule has 2 unspecified atom stereocenters. The van der Waals surface area contributed by atoms with Crippen molar-refractivity contribution in [1.29, 1.82) is 0 Å². The molecule has 0 saturated heterocycles. The van der Waals surface area contributed by atoms with Crippen LogP contribution in [0.3, 0.4) is 0 Å². The molecular weight excluding hydrogens is 264 g/mol. The largest absolute Gasteiger partial charge is 0.327 e. The third kappa shape index (κ3) is 2.84. The molecule has 1 aliphatic heterocycles. The number of fused-ring (bicyclic) bond motifs is 1. The molecule has 4 nitrogen and oxygen atoms in total. The van der Waals surface area contributed by atoms with Gasteiger partial charge in [-0.3, -0.25) is 9.59 Å². The smallest absolute Gasteiger partial charge is 0.246 e. The highest BCUT2D eigenvalue weighted by Gasteiger charge is 2.30. The molecule has 0 bridgehead atoms. The number of para-hydroxylation sites is 1. The Kier molecular flexibility index (Phi) is 3.78. The predicted molar refractivity (Wildman–Crippen MR) is 81.6 cm³/mol. The number of carbonyl (C=O) groups is 2. The summed E-state index contributed by atoms with van der Waals surface area (Å²) in [4.78, 5) is 26.5. The number of carbonyl (C=O) groups excluding carboxylic acids is 2. The molecule has 4 heteroatoms. The monoisotopic (exact) mass is 284 g/mol. The van der Waals surface area contributed by atoms with Gasteiger partial charge in [0.25, 0.3) is 0 Å². The Morgan fingerprint density at radius 3 is 2.95 bits per heavy atom. The van der Waals surface area contributed by atoms with Gasteiger partial charge in [-0.2, -0.15) is 0 Å². The molecule has 1 aromatic rings. The van der Waals surface area contributed by atoms with Crippen LogP contribution in [0, 0.1) is 5.92 Å². The summed E-state index contributed by atoms with van der Waals surface area (Å²) in [5, 5.41) is 2.90. The SMILES string of the molecule is CC1C(=O)Nc2ccccc2CN1C(=O)CC1C=CCC1. The van der Waals surface area contributed by atoms with E-state index in [9.17, 15) is 9.59 Å². The number of hydrogen-bond donors (Lipinski definition) is 1. The molecule has 0 fully saturated rings. The van der Waals surface area contributed by atoms with Gasteiger partial charge in [0.05, 0.1) is 0 Å². The van der Waals surface area contributed by atoms with Gasteiger partial charge >= 0.3 is 0 Å². The van der Waals surface area contributed by atoms with E-state index in [0.29, 0.717) is 18.9 Å². The van der Waals surface area contributed by atoms with Crippen molar-refractivity contribution in [3.8, 4) is 0 Å². The van der Waals surface area contributed by atoms with Crippen LogP contribution in [0.2, 0.25) is 0 Å². The third-order valence-electron chi connectivity index (χ3n) is 4.33. The number of hydrogen-bond acceptors (Lipinski definition) is 2. The second kappa shape index (κ2) is 5.72. The summed E-state index contributed by atoms with van der Waals surface area (Å²) < 4.78 is 0. The number of allylic oxidation sites excluding steroid dienone is 2. The minimum atomic E-state index is -0.435. The lowest BCUT2D eigenvalue weighted by molar-refractivity contribution is -0.139. The number of benzene rings is 1. The fourth-order valence-corrected chi connectivity index (χ4v) is 2.99. The molecule has 0 spiro atoms. The number of rotatable bonds is 2. The van der Waals surface area contributed by atoms with Crippen molar-refractivity contribution < 1.29 is 9.59 Å². The van der Waals surface area contributed by atoms with Crippen molar-refractivity contribution in [2.75, 3.05) is 5.32 Å². The predicted octanol–water partition coefficient (Wildman–Crippen LogP) is 2.71. The lowest BCUT2D eigenvalue weighted by Gasteiger charge is -2.26. The van der Waals surface area contributed by atoms with Crippen LogP contribution in [0.1, 0.15) is 31.7 Å². The molecule has 2 aliphatic rings. The quantitative estimate of drug-likeness (QED) is 0.849. The molecule has 2 atom stereocenters. The van der Waals surface area contributed by atoms with Gasteiger partial charge in [-0.25, -0.2) is 0 Å². The first-order valence-electron chi connectivity index (χ1n) is 7.50. The molecule has 0 saturated carbocycles. The van der Waals surface area contributed by atoms with E-state index >= 15 is 0 Å². The Balaban J connectivity index is 1.81. The molecule has 21 heavy (non-hydrogen) atoms. The van der Waals surface area contributed by atoms with Crippen LogP contribution >= 0.6 is 0 Å². The van der Waals surface area contributed by atoms with Crippen LogP contribution in [-0.2, 0) is 16.1 Å². The summed E-state index contributed by atoms with van der Waals surface area (Å²) in [6.45, 7) is 2.29. The van der Waals surface area contributed by atoms with Crippen LogP contribution in [-0.4, -0.2) is 22.8 Å². The molecule has 1 heterocycles. The van der Waals surface area contributed by atoms with Crippen molar-refractivity contribution in [3.05, 3.63) is 42.0 Å². The van der Waals surface area contributed by atoms with Gasteiger partial charge in [-0.05, 0) is 37.3 Å². The van der Waals surface area contributed by atoms with E-state index in [4.69, 9.17) is 0 Å². The first kappa shape index (κ1) is 13.9. The topological polar surface area (TPSA) is 49.4 Å². The average Bonchev–Trinajstić information content (AvgIpc) is 2.93. The molecule has 1 N–H and O–H groups in total. The standard InChI is InChI=1S/C17H20N2O2/c1-12-17(21)18-15-9-5-4-8-14(15)11-19(12)16(20)10-13-6-2-3-7-13/h2,4-6,8-9,12-13H,3,7,10-11H2,1H3,(H,18,21). The maximum absolute atomic E-state index is 12.6. The van der Waals surface area contributed by atoms with E-state index in [1.54, 1.807) is 11.8 Å². The number of nitrogens with zero attached hydrogens (tertiary/aromatic N) is 1. The van der Waals surface area contributed by atoms with Gasteiger partial charge in [-0.1, -0.05) is 30.4 Å². The van der Waals surface area contributed by atoms with Gasteiger partial charge in [0.2, 0.25) is 11.8 Å².